The molecule has 1 aliphatic heterocycles. The van der Waals surface area contributed by atoms with E-state index in [-0.39, 0.29) is 37.7 Å². The third-order valence-corrected chi connectivity index (χ3v) is 1.92. The molecule has 0 aromatic heterocycles. The fourth-order valence-corrected chi connectivity index (χ4v) is 1.26. The normalized spacial score (nSPS) is 16.5. The first-order valence-electron chi connectivity index (χ1n) is 3.91. The fraction of sp³-hybridized carbons (Fsp3) is 0.571. The molecular weight excluding hydrogens is 192 g/mol. The van der Waals surface area contributed by atoms with E-state index in [1.54, 1.807) is 0 Å². The predicted molar refractivity (Wildman–Crippen MR) is 48.3 cm³/mol. The predicted octanol–water partition coefficient (Wildman–Crippen LogP) is -0.225. The van der Waals surface area contributed by atoms with Gasteiger partial charge in [0.15, 0.2) is 0 Å². The lowest BCUT2D eigenvalue weighted by Crippen LogP contribution is -2.36. The molecule has 1 fully saturated rings. The van der Waals surface area contributed by atoms with Crippen LogP contribution in [0.1, 0.15) is 12.8 Å². The molecule has 13 heavy (non-hydrogen) atoms. The van der Waals surface area contributed by atoms with Gasteiger partial charge in [-0.2, -0.15) is 0 Å². The number of amides is 3. The van der Waals surface area contributed by atoms with Gasteiger partial charge in [0.05, 0.1) is 0 Å². The summed E-state index contributed by atoms with van der Waals surface area (Å²) in [6.45, 7) is 0.504. The van der Waals surface area contributed by atoms with Gasteiger partial charge in [0.25, 0.3) is 5.24 Å². The van der Waals surface area contributed by atoms with Crippen LogP contribution >= 0.6 is 12.6 Å². The van der Waals surface area contributed by atoms with E-state index in [9.17, 15) is 14.4 Å². The minimum absolute atomic E-state index is 0.168. The van der Waals surface area contributed by atoms with Crippen molar-refractivity contribution >= 4 is 29.7 Å². The average Bonchev–Trinajstić information content (AvgIpc) is 2.34. The zero-order chi connectivity index (χ0) is 9.84. The second-order valence-electron chi connectivity index (χ2n) is 2.67. The average molecular weight is 202 g/mol. The molecule has 0 aromatic rings. The molecule has 0 atom stereocenters. The van der Waals surface area contributed by atoms with Crippen LogP contribution in [0.5, 0.6) is 0 Å². The maximum absolute atomic E-state index is 11.0. The maximum atomic E-state index is 11.0. The lowest BCUT2D eigenvalue weighted by atomic mass is 10.4. The van der Waals surface area contributed by atoms with E-state index in [1.807, 2.05) is 0 Å². The lowest BCUT2D eigenvalue weighted by Gasteiger charge is -2.12. The number of likely N-dealkylation sites (tertiary alicyclic amines) is 1. The van der Waals surface area contributed by atoms with Crippen molar-refractivity contribution in [3.05, 3.63) is 0 Å². The Balaban J connectivity index is 2.31. The number of carbonyl (C=O) groups excluding carboxylic acids is 3. The van der Waals surface area contributed by atoms with Crippen LogP contribution in [0.4, 0.5) is 4.79 Å². The monoisotopic (exact) mass is 202 g/mol. The van der Waals surface area contributed by atoms with E-state index < -0.39 is 5.24 Å². The summed E-state index contributed by atoms with van der Waals surface area (Å²) in [4.78, 5) is 33.6. The Morgan fingerprint density at radius 1 is 1.38 bits per heavy atom. The van der Waals surface area contributed by atoms with E-state index in [2.05, 4.69) is 17.9 Å². The molecule has 0 aliphatic carbocycles. The fourth-order valence-electron chi connectivity index (χ4n) is 1.15. The van der Waals surface area contributed by atoms with Gasteiger partial charge in [-0.05, 0) is 0 Å². The van der Waals surface area contributed by atoms with Crippen LogP contribution in [0.2, 0.25) is 0 Å². The second-order valence-corrected chi connectivity index (χ2v) is 3.08. The molecule has 1 saturated heterocycles. The van der Waals surface area contributed by atoms with Crippen molar-refractivity contribution in [1.29, 1.82) is 0 Å². The van der Waals surface area contributed by atoms with Gasteiger partial charge in [-0.3, -0.25) is 19.3 Å². The van der Waals surface area contributed by atoms with Gasteiger partial charge in [-0.1, -0.05) is 12.6 Å². The molecule has 0 aromatic carbocycles. The smallest absolute Gasteiger partial charge is 0.276 e. The van der Waals surface area contributed by atoms with Crippen molar-refractivity contribution in [3.63, 3.8) is 0 Å². The van der Waals surface area contributed by atoms with E-state index >= 15 is 0 Å². The first-order chi connectivity index (χ1) is 6.11. The number of hydrogen-bond acceptors (Lipinski definition) is 3. The zero-order valence-electron chi connectivity index (χ0n) is 6.95. The quantitative estimate of drug-likeness (QED) is 0.491. The Labute approximate surface area is 80.9 Å². The Kier molecular flexibility index (Phi) is 3.30. The summed E-state index contributed by atoms with van der Waals surface area (Å²) in [5, 5.41) is 1.93. The SMILES string of the molecule is O=C(S)NCCN1C(=O)CCC1=O. The third-order valence-electron chi connectivity index (χ3n) is 1.77. The van der Waals surface area contributed by atoms with Crippen LogP contribution in [0.3, 0.4) is 0 Å². The van der Waals surface area contributed by atoms with Crippen LogP contribution in [-0.4, -0.2) is 35.0 Å². The van der Waals surface area contributed by atoms with Crippen molar-refractivity contribution in [1.82, 2.24) is 10.2 Å². The molecular formula is C7H10N2O3S. The largest absolute Gasteiger partial charge is 0.345 e. The van der Waals surface area contributed by atoms with Crippen LogP contribution < -0.4 is 5.32 Å². The minimum atomic E-state index is -0.459. The molecule has 0 radical (unpaired) electrons. The van der Waals surface area contributed by atoms with Crippen LogP contribution in [0.15, 0.2) is 0 Å². The molecule has 1 heterocycles. The number of nitrogens with one attached hydrogen (secondary N) is 1. The van der Waals surface area contributed by atoms with Gasteiger partial charge in [0, 0.05) is 25.9 Å². The molecule has 72 valence electrons. The Morgan fingerprint density at radius 2 is 1.92 bits per heavy atom. The highest BCUT2D eigenvalue weighted by molar-refractivity contribution is 7.96. The molecule has 1 N–H and O–H groups in total. The number of nitrogens with zero attached hydrogens (tertiary/aromatic N) is 1. The minimum Gasteiger partial charge on any atom is -0.345 e. The van der Waals surface area contributed by atoms with Gasteiger partial charge < -0.3 is 5.32 Å². The zero-order valence-corrected chi connectivity index (χ0v) is 7.84. The molecule has 0 bridgehead atoms. The highest BCUT2D eigenvalue weighted by Gasteiger charge is 2.27. The second kappa shape index (κ2) is 4.27. The van der Waals surface area contributed by atoms with Crippen LogP contribution in [0.25, 0.3) is 0 Å². The van der Waals surface area contributed by atoms with Crippen molar-refractivity contribution in [2.45, 2.75) is 12.8 Å². The molecule has 0 unspecified atom stereocenters. The molecule has 0 saturated carbocycles. The molecule has 5 nitrogen and oxygen atoms in total. The summed E-state index contributed by atoms with van der Waals surface area (Å²) >= 11 is 3.48. The molecule has 1 rings (SSSR count). The van der Waals surface area contributed by atoms with E-state index in [4.69, 9.17) is 0 Å². The van der Waals surface area contributed by atoms with E-state index in [1.165, 1.54) is 0 Å². The summed E-state index contributed by atoms with van der Waals surface area (Å²) in [5.74, 6) is -0.336. The van der Waals surface area contributed by atoms with Crippen LogP contribution in [0, 0.1) is 0 Å². The Hall–Kier alpha value is -1.04. The van der Waals surface area contributed by atoms with Gasteiger partial charge in [-0.25, -0.2) is 0 Å². The number of thiol groups is 1. The summed E-state index contributed by atoms with van der Waals surface area (Å²) in [5.41, 5.74) is 0. The van der Waals surface area contributed by atoms with Crippen molar-refractivity contribution in [2.75, 3.05) is 13.1 Å². The molecule has 3 amide bonds. The highest BCUT2D eigenvalue weighted by atomic mass is 32.1. The first kappa shape index (κ1) is 10.0. The van der Waals surface area contributed by atoms with Crippen molar-refractivity contribution in [2.24, 2.45) is 0 Å². The van der Waals surface area contributed by atoms with E-state index in [0.29, 0.717) is 0 Å². The van der Waals surface area contributed by atoms with Crippen LogP contribution in [-0.2, 0) is 9.59 Å². The summed E-state index contributed by atoms with van der Waals surface area (Å²) < 4.78 is 0. The van der Waals surface area contributed by atoms with Crippen molar-refractivity contribution < 1.29 is 14.4 Å². The molecule has 6 heteroatoms. The van der Waals surface area contributed by atoms with E-state index in [0.717, 1.165) is 4.90 Å². The summed E-state index contributed by atoms with van der Waals surface area (Å²) in [6, 6.07) is 0. The highest BCUT2D eigenvalue weighted by Crippen LogP contribution is 2.10. The van der Waals surface area contributed by atoms with Gasteiger partial charge in [0.2, 0.25) is 11.8 Å². The number of rotatable bonds is 3. The number of hydrogen-bond donors (Lipinski definition) is 2. The Morgan fingerprint density at radius 3 is 2.38 bits per heavy atom. The molecule has 0 spiro atoms. The van der Waals surface area contributed by atoms with Gasteiger partial charge in [-0.15, -0.1) is 0 Å². The number of carbonyl (C=O) groups is 3. The maximum Gasteiger partial charge on any atom is 0.276 e. The van der Waals surface area contributed by atoms with Crippen molar-refractivity contribution in [3.8, 4) is 0 Å². The molecule has 1 aliphatic rings. The standard InChI is InChI=1S/C7H10N2O3S/c10-5-1-2-6(11)9(5)4-3-8-7(12)13/h1-4H2,(H2,8,12,13). The first-order valence-corrected chi connectivity index (χ1v) is 4.36. The van der Waals surface area contributed by atoms with Gasteiger partial charge >= 0.3 is 0 Å². The Bertz CT molecular complexity index is 238. The third kappa shape index (κ3) is 2.73. The summed E-state index contributed by atoms with van der Waals surface area (Å²) in [6.07, 6.45) is 0.571. The topological polar surface area (TPSA) is 66.5 Å². The lowest BCUT2D eigenvalue weighted by molar-refractivity contribution is -0.138. The number of imide groups is 1. The van der Waals surface area contributed by atoms with Gasteiger partial charge in [0.1, 0.15) is 0 Å². The summed E-state index contributed by atoms with van der Waals surface area (Å²) in [7, 11) is 0.